The van der Waals surface area contributed by atoms with Gasteiger partial charge in [0.2, 0.25) is 0 Å². The van der Waals surface area contributed by atoms with Crippen molar-refractivity contribution in [3.63, 3.8) is 0 Å². The van der Waals surface area contributed by atoms with E-state index in [1.165, 1.54) is 12.3 Å². The fourth-order valence-corrected chi connectivity index (χ4v) is 3.07. The SMILES string of the molecule is Cc1ccccc1NC(=O)C(=O)N/N=C\c1cc(Br)ccc1OC(=O)/C=C/c1ccccc1. The van der Waals surface area contributed by atoms with Crippen LogP contribution in [-0.4, -0.2) is 24.0 Å². The first kappa shape index (κ1) is 23.6. The summed E-state index contributed by atoms with van der Waals surface area (Å²) in [5, 5.41) is 6.34. The summed E-state index contributed by atoms with van der Waals surface area (Å²) in [6, 6.07) is 21.4. The Balaban J connectivity index is 1.63. The van der Waals surface area contributed by atoms with Crippen LogP contribution in [0.5, 0.6) is 5.75 Å². The first-order chi connectivity index (χ1) is 15.9. The minimum atomic E-state index is -0.936. The summed E-state index contributed by atoms with van der Waals surface area (Å²) < 4.78 is 6.10. The Kier molecular flexibility index (Phi) is 8.26. The zero-order valence-corrected chi connectivity index (χ0v) is 19.2. The normalized spacial score (nSPS) is 10.8. The lowest BCUT2D eigenvalue weighted by atomic mass is 10.2. The minimum Gasteiger partial charge on any atom is -0.423 e. The van der Waals surface area contributed by atoms with Gasteiger partial charge >= 0.3 is 17.8 Å². The molecule has 0 unspecified atom stereocenters. The maximum atomic E-state index is 12.2. The number of rotatable bonds is 6. The highest BCUT2D eigenvalue weighted by Crippen LogP contribution is 2.22. The quantitative estimate of drug-likeness (QED) is 0.129. The van der Waals surface area contributed by atoms with Crippen LogP contribution >= 0.6 is 15.9 Å². The van der Waals surface area contributed by atoms with Crippen LogP contribution < -0.4 is 15.5 Å². The first-order valence-corrected chi connectivity index (χ1v) is 10.7. The predicted molar refractivity (Wildman–Crippen MR) is 131 cm³/mol. The van der Waals surface area contributed by atoms with Crippen molar-refractivity contribution in [3.05, 3.63) is 100 Å². The number of esters is 1. The second-order valence-electron chi connectivity index (χ2n) is 6.82. The van der Waals surface area contributed by atoms with Crippen LogP contribution in [0.3, 0.4) is 0 Å². The molecule has 7 nitrogen and oxygen atoms in total. The summed E-state index contributed by atoms with van der Waals surface area (Å²) in [5.41, 5.74) is 4.80. The monoisotopic (exact) mass is 505 g/mol. The number of para-hydroxylation sites is 1. The van der Waals surface area contributed by atoms with E-state index in [1.807, 2.05) is 49.4 Å². The van der Waals surface area contributed by atoms with Crippen LogP contribution in [0.4, 0.5) is 5.69 Å². The van der Waals surface area contributed by atoms with Crippen LogP contribution in [0, 0.1) is 6.92 Å². The maximum absolute atomic E-state index is 12.2. The molecular formula is C25H20BrN3O4. The summed E-state index contributed by atoms with van der Waals surface area (Å²) >= 11 is 3.34. The molecule has 33 heavy (non-hydrogen) atoms. The third kappa shape index (κ3) is 7.26. The van der Waals surface area contributed by atoms with Crippen molar-refractivity contribution in [1.82, 2.24) is 5.43 Å². The second kappa shape index (κ2) is 11.5. The van der Waals surface area contributed by atoms with Gasteiger partial charge in [0.1, 0.15) is 5.75 Å². The van der Waals surface area contributed by atoms with E-state index >= 15 is 0 Å². The van der Waals surface area contributed by atoms with Crippen LogP contribution in [0.2, 0.25) is 0 Å². The smallest absolute Gasteiger partial charge is 0.336 e. The number of benzene rings is 3. The third-order valence-electron chi connectivity index (χ3n) is 4.36. The van der Waals surface area contributed by atoms with E-state index in [9.17, 15) is 14.4 Å². The number of carbonyl (C=O) groups is 3. The van der Waals surface area contributed by atoms with Gasteiger partial charge in [0.05, 0.1) is 6.21 Å². The van der Waals surface area contributed by atoms with Gasteiger partial charge in [-0.15, -0.1) is 0 Å². The zero-order chi connectivity index (χ0) is 23.6. The van der Waals surface area contributed by atoms with Crippen molar-refractivity contribution in [2.75, 3.05) is 5.32 Å². The van der Waals surface area contributed by atoms with Crippen molar-refractivity contribution in [3.8, 4) is 5.75 Å². The van der Waals surface area contributed by atoms with E-state index in [0.717, 1.165) is 11.1 Å². The number of hydrogen-bond donors (Lipinski definition) is 2. The largest absolute Gasteiger partial charge is 0.423 e. The highest BCUT2D eigenvalue weighted by atomic mass is 79.9. The molecule has 2 N–H and O–H groups in total. The lowest BCUT2D eigenvalue weighted by Gasteiger charge is -2.07. The topological polar surface area (TPSA) is 96.9 Å². The molecule has 3 aromatic rings. The summed E-state index contributed by atoms with van der Waals surface area (Å²) in [7, 11) is 0. The predicted octanol–water partition coefficient (Wildman–Crippen LogP) is 4.47. The van der Waals surface area contributed by atoms with Crippen LogP contribution in [-0.2, 0) is 14.4 Å². The van der Waals surface area contributed by atoms with Gasteiger partial charge in [-0.2, -0.15) is 5.10 Å². The molecule has 166 valence electrons. The second-order valence-corrected chi connectivity index (χ2v) is 7.73. The number of carbonyl (C=O) groups excluding carboxylic acids is 3. The molecular weight excluding hydrogens is 486 g/mol. The van der Waals surface area contributed by atoms with Gasteiger partial charge in [-0.1, -0.05) is 64.5 Å². The summed E-state index contributed by atoms with van der Waals surface area (Å²) in [6.07, 6.45) is 4.24. The van der Waals surface area contributed by atoms with Crippen LogP contribution in [0.1, 0.15) is 16.7 Å². The van der Waals surface area contributed by atoms with Crippen molar-refractivity contribution >= 4 is 51.7 Å². The number of hydrazone groups is 1. The van der Waals surface area contributed by atoms with Crippen molar-refractivity contribution in [2.24, 2.45) is 5.10 Å². The number of halogens is 1. The molecule has 0 fully saturated rings. The molecule has 0 heterocycles. The number of amides is 2. The number of nitrogens with zero attached hydrogens (tertiary/aromatic N) is 1. The first-order valence-electron chi connectivity index (χ1n) is 9.87. The number of hydrogen-bond acceptors (Lipinski definition) is 5. The van der Waals surface area contributed by atoms with Gasteiger partial charge in [0, 0.05) is 21.8 Å². The van der Waals surface area contributed by atoms with Crippen LogP contribution in [0.15, 0.2) is 88.4 Å². The lowest BCUT2D eigenvalue weighted by molar-refractivity contribution is -0.136. The number of nitrogens with one attached hydrogen (secondary N) is 2. The lowest BCUT2D eigenvalue weighted by Crippen LogP contribution is -2.32. The van der Waals surface area contributed by atoms with E-state index in [1.54, 1.807) is 36.4 Å². The van der Waals surface area contributed by atoms with Gasteiger partial charge < -0.3 is 10.1 Å². The number of anilines is 1. The van der Waals surface area contributed by atoms with Crippen molar-refractivity contribution < 1.29 is 19.1 Å². The standard InChI is InChI=1S/C25H20BrN3O4/c1-17-7-5-6-10-21(17)28-24(31)25(32)29-27-16-19-15-20(26)12-13-22(19)33-23(30)14-11-18-8-3-2-4-9-18/h2-16H,1H3,(H,28,31)(H,29,32)/b14-11+,27-16-. The third-order valence-corrected chi connectivity index (χ3v) is 4.86. The van der Waals surface area contributed by atoms with E-state index in [0.29, 0.717) is 15.7 Å². The molecule has 0 saturated heterocycles. The Bertz CT molecular complexity index is 1220. The zero-order valence-electron chi connectivity index (χ0n) is 17.6. The minimum absolute atomic E-state index is 0.239. The number of ether oxygens (including phenoxy) is 1. The molecule has 0 radical (unpaired) electrons. The van der Waals surface area contributed by atoms with E-state index in [4.69, 9.17) is 4.74 Å². The molecule has 0 aliphatic carbocycles. The van der Waals surface area contributed by atoms with Gasteiger partial charge in [-0.25, -0.2) is 10.2 Å². The average Bonchev–Trinajstić information content (AvgIpc) is 2.81. The van der Waals surface area contributed by atoms with Crippen molar-refractivity contribution in [1.29, 1.82) is 0 Å². The summed E-state index contributed by atoms with van der Waals surface area (Å²) in [6.45, 7) is 1.82. The average molecular weight is 506 g/mol. The van der Waals surface area contributed by atoms with Crippen LogP contribution in [0.25, 0.3) is 6.08 Å². The molecule has 0 aliphatic rings. The fourth-order valence-electron chi connectivity index (χ4n) is 2.69. The van der Waals surface area contributed by atoms with E-state index in [2.05, 4.69) is 31.8 Å². The molecule has 0 spiro atoms. The van der Waals surface area contributed by atoms with Gasteiger partial charge in [-0.05, 0) is 48.4 Å². The Morgan fingerprint density at radius 3 is 2.42 bits per heavy atom. The maximum Gasteiger partial charge on any atom is 0.336 e. The molecule has 0 aliphatic heterocycles. The van der Waals surface area contributed by atoms with Gasteiger partial charge in [0.25, 0.3) is 0 Å². The highest BCUT2D eigenvalue weighted by molar-refractivity contribution is 9.10. The Hall–Kier alpha value is -4.04. The summed E-state index contributed by atoms with van der Waals surface area (Å²) in [4.78, 5) is 36.3. The molecule has 8 heteroatoms. The van der Waals surface area contributed by atoms with Gasteiger partial charge in [0.15, 0.2) is 0 Å². The molecule has 3 rings (SSSR count). The Morgan fingerprint density at radius 1 is 0.939 bits per heavy atom. The molecule has 0 atom stereocenters. The Morgan fingerprint density at radius 2 is 1.67 bits per heavy atom. The molecule has 3 aromatic carbocycles. The molecule has 0 saturated carbocycles. The fraction of sp³-hybridized carbons (Fsp3) is 0.0400. The van der Waals surface area contributed by atoms with Gasteiger partial charge in [-0.3, -0.25) is 9.59 Å². The Labute approximate surface area is 199 Å². The molecule has 0 aromatic heterocycles. The van der Waals surface area contributed by atoms with Crippen molar-refractivity contribution in [2.45, 2.75) is 6.92 Å². The highest BCUT2D eigenvalue weighted by Gasteiger charge is 2.14. The van der Waals surface area contributed by atoms with E-state index < -0.39 is 17.8 Å². The summed E-state index contributed by atoms with van der Waals surface area (Å²) in [5.74, 6) is -2.12. The molecule has 2 amide bonds. The number of aryl methyl sites for hydroxylation is 1. The van der Waals surface area contributed by atoms with E-state index in [-0.39, 0.29) is 5.75 Å². The molecule has 0 bridgehead atoms.